The van der Waals surface area contributed by atoms with Crippen LogP contribution < -0.4 is 5.32 Å². The van der Waals surface area contributed by atoms with E-state index in [1.54, 1.807) is 0 Å². The number of carbonyl (C=O) groups is 2. The van der Waals surface area contributed by atoms with E-state index in [-0.39, 0.29) is 17.7 Å². The molecule has 2 amide bonds. The van der Waals surface area contributed by atoms with Crippen molar-refractivity contribution in [1.82, 2.24) is 15.1 Å². The van der Waals surface area contributed by atoms with Gasteiger partial charge in [-0.3, -0.25) is 14.5 Å². The zero-order valence-electron chi connectivity index (χ0n) is 17.5. The highest BCUT2D eigenvalue weighted by Crippen LogP contribution is 2.24. The van der Waals surface area contributed by atoms with Gasteiger partial charge >= 0.3 is 0 Å². The van der Waals surface area contributed by atoms with Gasteiger partial charge in [0.05, 0.1) is 5.92 Å². The maximum absolute atomic E-state index is 12.7. The average molecular weight is 398 g/mol. The summed E-state index contributed by atoms with van der Waals surface area (Å²) in [6, 6.07) is 10.8. The molecule has 0 saturated carbocycles. The fourth-order valence-corrected chi connectivity index (χ4v) is 4.54. The van der Waals surface area contributed by atoms with Crippen LogP contribution in [0.3, 0.4) is 0 Å². The summed E-state index contributed by atoms with van der Waals surface area (Å²) in [7, 11) is 0. The fraction of sp³-hybridized carbons (Fsp3) is 0.583. The minimum Gasteiger partial charge on any atom is -0.355 e. The second-order valence-electron chi connectivity index (χ2n) is 8.30. The van der Waals surface area contributed by atoms with E-state index < -0.39 is 0 Å². The third-order valence-electron chi connectivity index (χ3n) is 6.28. The van der Waals surface area contributed by atoms with Crippen molar-refractivity contribution >= 4 is 11.8 Å². The van der Waals surface area contributed by atoms with Crippen LogP contribution in [-0.4, -0.2) is 60.4 Å². The Morgan fingerprint density at radius 3 is 2.59 bits per heavy atom. The van der Waals surface area contributed by atoms with E-state index in [2.05, 4.69) is 28.9 Å². The van der Waals surface area contributed by atoms with E-state index in [1.165, 1.54) is 5.56 Å². The van der Waals surface area contributed by atoms with Crippen LogP contribution >= 0.6 is 0 Å². The van der Waals surface area contributed by atoms with Crippen molar-refractivity contribution in [2.75, 3.05) is 32.7 Å². The molecule has 2 heterocycles. The Hall–Kier alpha value is -2.14. The summed E-state index contributed by atoms with van der Waals surface area (Å²) in [6.45, 7) is 8.00. The Labute approximate surface area is 175 Å². The molecule has 0 aromatic heterocycles. The first kappa shape index (κ1) is 21.6. The molecule has 1 N–H and O–H groups in total. The van der Waals surface area contributed by atoms with Crippen LogP contribution in [-0.2, 0) is 16.0 Å². The van der Waals surface area contributed by atoms with Crippen molar-refractivity contribution in [2.24, 2.45) is 5.92 Å². The number of allylic oxidation sites excluding steroid dienone is 1. The number of amides is 2. The van der Waals surface area contributed by atoms with Crippen molar-refractivity contribution in [2.45, 2.75) is 51.0 Å². The summed E-state index contributed by atoms with van der Waals surface area (Å²) in [5.41, 5.74) is 1.26. The van der Waals surface area contributed by atoms with Crippen molar-refractivity contribution < 1.29 is 9.59 Å². The number of piperidine rings is 2. The molecule has 2 fully saturated rings. The lowest BCUT2D eigenvalue weighted by Crippen LogP contribution is -2.51. The number of benzene rings is 1. The second-order valence-corrected chi connectivity index (χ2v) is 8.30. The van der Waals surface area contributed by atoms with Gasteiger partial charge < -0.3 is 10.2 Å². The Morgan fingerprint density at radius 1 is 1.10 bits per heavy atom. The second kappa shape index (κ2) is 11.1. The lowest BCUT2D eigenvalue weighted by atomic mass is 9.93. The summed E-state index contributed by atoms with van der Waals surface area (Å²) in [5, 5.41) is 3.14. The quantitative estimate of drug-likeness (QED) is 0.686. The molecular formula is C24H35N3O2. The number of nitrogens with one attached hydrogen (secondary N) is 1. The van der Waals surface area contributed by atoms with E-state index in [0.29, 0.717) is 19.0 Å². The molecular weight excluding hydrogens is 362 g/mol. The number of nitrogens with zero attached hydrogens (tertiary/aromatic N) is 2. The lowest BCUT2D eigenvalue weighted by Gasteiger charge is -2.42. The van der Waals surface area contributed by atoms with Gasteiger partial charge in [-0.25, -0.2) is 0 Å². The number of rotatable bonds is 8. The van der Waals surface area contributed by atoms with Gasteiger partial charge in [-0.1, -0.05) is 36.4 Å². The minimum absolute atomic E-state index is 0.0896. The molecule has 1 aromatic carbocycles. The number of likely N-dealkylation sites (tertiary alicyclic amines) is 2. The standard InChI is InChI=1S/C24H35N3O2/c1-2-3-11-23(28)26-17-13-22(14-18-26)27-16-7-10-21(19-27)24(29)25-15-12-20-8-5-4-6-9-20/h2,4-6,8-9,21-22H,1,3,7,10-19H2,(H,25,29). The molecule has 1 atom stereocenters. The highest BCUT2D eigenvalue weighted by molar-refractivity contribution is 5.79. The Balaban J connectivity index is 1.40. The molecule has 1 unspecified atom stereocenters. The molecule has 2 aliphatic heterocycles. The molecule has 0 aliphatic carbocycles. The van der Waals surface area contributed by atoms with Gasteiger partial charge in [-0.2, -0.15) is 0 Å². The number of carbonyl (C=O) groups excluding carboxylic acids is 2. The smallest absolute Gasteiger partial charge is 0.224 e. The first-order chi connectivity index (χ1) is 14.2. The Bertz CT molecular complexity index is 668. The van der Waals surface area contributed by atoms with Crippen LogP contribution in [0, 0.1) is 5.92 Å². The third kappa shape index (κ3) is 6.43. The third-order valence-corrected chi connectivity index (χ3v) is 6.28. The Morgan fingerprint density at radius 2 is 1.86 bits per heavy atom. The summed E-state index contributed by atoms with van der Waals surface area (Å²) in [5.74, 6) is 0.534. The monoisotopic (exact) mass is 397 g/mol. The van der Waals surface area contributed by atoms with Crippen LogP contribution in [0.25, 0.3) is 0 Å². The first-order valence-electron chi connectivity index (χ1n) is 11.1. The molecule has 5 heteroatoms. The Kier molecular flexibility index (Phi) is 8.29. The molecule has 0 spiro atoms. The van der Waals surface area contributed by atoms with Gasteiger partial charge in [0.2, 0.25) is 11.8 Å². The van der Waals surface area contributed by atoms with E-state index in [0.717, 1.165) is 64.7 Å². The molecule has 1 aromatic rings. The van der Waals surface area contributed by atoms with Gasteiger partial charge in [-0.15, -0.1) is 6.58 Å². The van der Waals surface area contributed by atoms with Crippen molar-refractivity contribution in [3.63, 3.8) is 0 Å². The number of hydrogen-bond donors (Lipinski definition) is 1. The van der Waals surface area contributed by atoms with Crippen LogP contribution in [0.2, 0.25) is 0 Å². The zero-order valence-corrected chi connectivity index (χ0v) is 17.5. The summed E-state index contributed by atoms with van der Waals surface area (Å²) in [4.78, 5) is 29.3. The average Bonchev–Trinajstić information content (AvgIpc) is 2.78. The van der Waals surface area contributed by atoms with Crippen LogP contribution in [0.4, 0.5) is 0 Å². The molecule has 3 rings (SSSR count). The zero-order chi connectivity index (χ0) is 20.5. The minimum atomic E-state index is 0.0896. The highest BCUT2D eigenvalue weighted by Gasteiger charge is 2.32. The van der Waals surface area contributed by atoms with Gasteiger partial charge in [0.25, 0.3) is 0 Å². The predicted octanol–water partition coefficient (Wildman–Crippen LogP) is 3.01. The molecule has 29 heavy (non-hydrogen) atoms. The SMILES string of the molecule is C=CCCC(=O)N1CCC(N2CCCC(C(=O)NCCc3ccccc3)C2)CC1. The van der Waals surface area contributed by atoms with Gasteiger partial charge in [0.1, 0.15) is 0 Å². The highest BCUT2D eigenvalue weighted by atomic mass is 16.2. The summed E-state index contributed by atoms with van der Waals surface area (Å²) >= 11 is 0. The molecule has 0 radical (unpaired) electrons. The topological polar surface area (TPSA) is 52.7 Å². The van der Waals surface area contributed by atoms with Crippen molar-refractivity contribution in [3.05, 3.63) is 48.6 Å². The van der Waals surface area contributed by atoms with Gasteiger partial charge in [0, 0.05) is 38.6 Å². The maximum Gasteiger partial charge on any atom is 0.224 e. The number of hydrogen-bond acceptors (Lipinski definition) is 3. The summed E-state index contributed by atoms with van der Waals surface area (Å²) in [6.07, 6.45) is 8.10. The first-order valence-corrected chi connectivity index (χ1v) is 11.1. The van der Waals surface area contributed by atoms with E-state index in [4.69, 9.17) is 0 Å². The fourth-order valence-electron chi connectivity index (χ4n) is 4.54. The van der Waals surface area contributed by atoms with Crippen molar-refractivity contribution in [1.29, 1.82) is 0 Å². The molecule has 158 valence electrons. The lowest BCUT2D eigenvalue weighted by molar-refractivity contribution is -0.132. The summed E-state index contributed by atoms with van der Waals surface area (Å²) < 4.78 is 0. The molecule has 5 nitrogen and oxygen atoms in total. The molecule has 2 saturated heterocycles. The van der Waals surface area contributed by atoms with Crippen molar-refractivity contribution in [3.8, 4) is 0 Å². The van der Waals surface area contributed by atoms with E-state index >= 15 is 0 Å². The van der Waals surface area contributed by atoms with Gasteiger partial charge in [-0.05, 0) is 50.6 Å². The molecule has 0 bridgehead atoms. The normalized spacial score (nSPS) is 21.0. The van der Waals surface area contributed by atoms with E-state index in [9.17, 15) is 9.59 Å². The maximum atomic E-state index is 12.7. The predicted molar refractivity (Wildman–Crippen MR) is 116 cm³/mol. The van der Waals surface area contributed by atoms with Crippen LogP contribution in [0.1, 0.15) is 44.1 Å². The van der Waals surface area contributed by atoms with Crippen LogP contribution in [0.15, 0.2) is 43.0 Å². The van der Waals surface area contributed by atoms with E-state index in [1.807, 2.05) is 29.2 Å². The molecule has 2 aliphatic rings. The van der Waals surface area contributed by atoms with Gasteiger partial charge in [0.15, 0.2) is 0 Å². The van der Waals surface area contributed by atoms with Crippen LogP contribution in [0.5, 0.6) is 0 Å². The largest absolute Gasteiger partial charge is 0.355 e.